The molecule has 5 nitrogen and oxygen atoms in total. The van der Waals surface area contributed by atoms with Crippen molar-refractivity contribution in [2.75, 3.05) is 25.0 Å². The zero-order valence-corrected chi connectivity index (χ0v) is 12.3. The Morgan fingerprint density at radius 2 is 2.26 bits per heavy atom. The van der Waals surface area contributed by atoms with E-state index in [0.717, 1.165) is 17.8 Å². The van der Waals surface area contributed by atoms with E-state index in [0.29, 0.717) is 19.1 Å². The van der Waals surface area contributed by atoms with E-state index < -0.39 is 0 Å². The Morgan fingerprint density at radius 1 is 1.58 bits per heavy atom. The third-order valence-electron chi connectivity index (χ3n) is 2.90. The summed E-state index contributed by atoms with van der Waals surface area (Å²) in [4.78, 5) is 13.9. The van der Waals surface area contributed by atoms with Crippen LogP contribution in [0.1, 0.15) is 20.8 Å². The van der Waals surface area contributed by atoms with Gasteiger partial charge in [-0.2, -0.15) is 5.10 Å². The maximum Gasteiger partial charge on any atom is 0.269 e. The molecule has 106 valence electrons. The van der Waals surface area contributed by atoms with Crippen molar-refractivity contribution in [1.29, 1.82) is 0 Å². The molecule has 1 rings (SSSR count). The first kappa shape index (κ1) is 15.4. The number of anilines is 1. The highest BCUT2D eigenvalue weighted by Crippen LogP contribution is 2.06. The molecule has 19 heavy (non-hydrogen) atoms. The van der Waals surface area contributed by atoms with Crippen molar-refractivity contribution < 1.29 is 0 Å². The van der Waals surface area contributed by atoms with Crippen LogP contribution in [-0.4, -0.2) is 36.0 Å². The van der Waals surface area contributed by atoms with E-state index in [1.807, 2.05) is 18.9 Å². The largest absolute Gasteiger partial charge is 0.373 e. The van der Waals surface area contributed by atoms with Crippen LogP contribution >= 0.6 is 0 Å². The van der Waals surface area contributed by atoms with Crippen molar-refractivity contribution in [2.45, 2.75) is 33.4 Å². The van der Waals surface area contributed by atoms with E-state index in [4.69, 9.17) is 0 Å². The predicted octanol–water partition coefficient (Wildman–Crippen LogP) is 1.25. The Bertz CT molecular complexity index is 479. The Balaban J connectivity index is 2.70. The van der Waals surface area contributed by atoms with Crippen LogP contribution in [0.3, 0.4) is 0 Å². The fraction of sp³-hybridized carbons (Fsp3) is 0.571. The van der Waals surface area contributed by atoms with Gasteiger partial charge in [0.25, 0.3) is 5.56 Å². The molecular weight excluding hydrogens is 240 g/mol. The summed E-state index contributed by atoms with van der Waals surface area (Å²) in [5.74, 6) is 0. The van der Waals surface area contributed by atoms with E-state index in [1.165, 1.54) is 4.68 Å². The Hall–Kier alpha value is -1.62. The molecule has 0 amide bonds. The van der Waals surface area contributed by atoms with Crippen LogP contribution in [-0.2, 0) is 6.54 Å². The first-order valence-corrected chi connectivity index (χ1v) is 6.62. The van der Waals surface area contributed by atoms with Gasteiger partial charge in [-0.05, 0) is 12.5 Å². The van der Waals surface area contributed by atoms with Gasteiger partial charge < -0.3 is 10.2 Å². The minimum atomic E-state index is -0.0940. The molecule has 0 atom stereocenters. The minimum absolute atomic E-state index is 0.0940. The fourth-order valence-corrected chi connectivity index (χ4v) is 1.55. The summed E-state index contributed by atoms with van der Waals surface area (Å²) < 4.78 is 1.44. The lowest BCUT2D eigenvalue weighted by atomic mass is 10.2. The average molecular weight is 264 g/mol. The maximum atomic E-state index is 11.9. The van der Waals surface area contributed by atoms with Crippen LogP contribution < -0.4 is 15.8 Å². The molecule has 0 saturated heterocycles. The van der Waals surface area contributed by atoms with Crippen molar-refractivity contribution in [1.82, 2.24) is 15.1 Å². The summed E-state index contributed by atoms with van der Waals surface area (Å²) in [6.07, 6.45) is 1.72. The molecule has 5 heteroatoms. The van der Waals surface area contributed by atoms with E-state index >= 15 is 0 Å². The Morgan fingerprint density at radius 3 is 2.79 bits per heavy atom. The number of rotatable bonds is 7. The molecule has 0 aliphatic carbocycles. The fourth-order valence-electron chi connectivity index (χ4n) is 1.55. The first-order valence-electron chi connectivity index (χ1n) is 6.62. The second-order valence-electron chi connectivity index (χ2n) is 5.01. The summed E-state index contributed by atoms with van der Waals surface area (Å²) >= 11 is 0. The highest BCUT2D eigenvalue weighted by Gasteiger charge is 2.05. The van der Waals surface area contributed by atoms with Gasteiger partial charge in [-0.25, -0.2) is 4.68 Å². The molecule has 1 heterocycles. The molecule has 0 radical (unpaired) electrons. The van der Waals surface area contributed by atoms with Gasteiger partial charge in [0, 0.05) is 32.2 Å². The second kappa shape index (κ2) is 7.09. The molecule has 0 fully saturated rings. The Kier molecular flexibility index (Phi) is 5.76. The molecule has 1 aromatic rings. The zero-order valence-electron chi connectivity index (χ0n) is 12.3. The third kappa shape index (κ3) is 4.87. The van der Waals surface area contributed by atoms with Crippen LogP contribution in [0.15, 0.2) is 29.2 Å². The SMILES string of the molecule is C=C(CNC(C)C)Cn1ncc(N(C)CC)cc1=O. The third-order valence-corrected chi connectivity index (χ3v) is 2.90. The molecule has 1 aromatic heterocycles. The zero-order chi connectivity index (χ0) is 14.4. The van der Waals surface area contributed by atoms with E-state index in [9.17, 15) is 4.79 Å². The molecule has 0 aromatic carbocycles. The van der Waals surface area contributed by atoms with Crippen molar-refractivity contribution in [3.8, 4) is 0 Å². The van der Waals surface area contributed by atoms with Crippen molar-refractivity contribution in [2.24, 2.45) is 0 Å². The lowest BCUT2D eigenvalue weighted by Crippen LogP contribution is -2.30. The van der Waals surface area contributed by atoms with Gasteiger partial charge in [0.2, 0.25) is 0 Å². The maximum absolute atomic E-state index is 11.9. The summed E-state index contributed by atoms with van der Waals surface area (Å²) in [5, 5.41) is 7.46. The van der Waals surface area contributed by atoms with Crippen LogP contribution in [0, 0.1) is 0 Å². The van der Waals surface area contributed by atoms with Crippen molar-refractivity contribution in [3.63, 3.8) is 0 Å². The summed E-state index contributed by atoms with van der Waals surface area (Å²) in [5.41, 5.74) is 1.69. The molecule has 1 N–H and O–H groups in total. The van der Waals surface area contributed by atoms with Crippen LogP contribution in [0.25, 0.3) is 0 Å². The second-order valence-corrected chi connectivity index (χ2v) is 5.01. The summed E-state index contributed by atoms with van der Waals surface area (Å²) in [7, 11) is 1.94. The standard InChI is InChI=1S/C14H24N4O/c1-6-17(5)13-7-14(19)18(16-9-13)10-12(4)8-15-11(2)3/h7,9,11,15H,4,6,8,10H2,1-3,5H3. The molecule has 0 aliphatic heterocycles. The van der Waals surface area contributed by atoms with Gasteiger partial charge in [-0.15, -0.1) is 0 Å². The molecule has 0 spiro atoms. The number of nitrogens with one attached hydrogen (secondary N) is 1. The first-order chi connectivity index (χ1) is 8.93. The minimum Gasteiger partial charge on any atom is -0.373 e. The smallest absolute Gasteiger partial charge is 0.269 e. The van der Waals surface area contributed by atoms with Gasteiger partial charge in [0.15, 0.2) is 0 Å². The predicted molar refractivity (Wildman–Crippen MR) is 79.7 cm³/mol. The van der Waals surface area contributed by atoms with E-state index in [-0.39, 0.29) is 5.56 Å². The van der Waals surface area contributed by atoms with Crippen LogP contribution in [0.2, 0.25) is 0 Å². The number of aromatic nitrogens is 2. The summed E-state index contributed by atoms with van der Waals surface area (Å²) in [6.45, 7) is 12.1. The number of hydrogen-bond acceptors (Lipinski definition) is 4. The molecule has 0 aliphatic rings. The Labute approximate surface area is 114 Å². The van der Waals surface area contributed by atoms with E-state index in [2.05, 4.69) is 30.8 Å². The van der Waals surface area contributed by atoms with Crippen molar-refractivity contribution in [3.05, 3.63) is 34.8 Å². The average Bonchev–Trinajstić information content (AvgIpc) is 2.37. The van der Waals surface area contributed by atoms with Crippen molar-refractivity contribution >= 4 is 5.69 Å². The highest BCUT2D eigenvalue weighted by molar-refractivity contribution is 5.41. The van der Waals surface area contributed by atoms with Gasteiger partial charge in [0.1, 0.15) is 0 Å². The normalized spacial score (nSPS) is 10.8. The summed E-state index contributed by atoms with van der Waals surface area (Å²) in [6, 6.07) is 2.02. The topological polar surface area (TPSA) is 50.2 Å². The highest BCUT2D eigenvalue weighted by atomic mass is 16.1. The van der Waals surface area contributed by atoms with E-state index in [1.54, 1.807) is 12.3 Å². The van der Waals surface area contributed by atoms with Crippen LogP contribution in [0.5, 0.6) is 0 Å². The van der Waals surface area contributed by atoms with Gasteiger partial charge in [-0.3, -0.25) is 4.79 Å². The number of hydrogen-bond donors (Lipinski definition) is 1. The molecule has 0 saturated carbocycles. The van der Waals surface area contributed by atoms with Gasteiger partial charge in [0.05, 0.1) is 18.4 Å². The molecular formula is C14H24N4O. The lowest BCUT2D eigenvalue weighted by Gasteiger charge is -2.16. The molecule has 0 unspecified atom stereocenters. The molecule has 0 bridgehead atoms. The number of nitrogens with zero attached hydrogens (tertiary/aromatic N) is 3. The van der Waals surface area contributed by atoms with Crippen LogP contribution in [0.4, 0.5) is 5.69 Å². The van der Waals surface area contributed by atoms with Gasteiger partial charge >= 0.3 is 0 Å². The monoisotopic (exact) mass is 264 g/mol. The lowest BCUT2D eigenvalue weighted by molar-refractivity contribution is 0.574. The van der Waals surface area contributed by atoms with Gasteiger partial charge in [-0.1, -0.05) is 20.4 Å². The quantitative estimate of drug-likeness (QED) is 0.753.